The van der Waals surface area contributed by atoms with E-state index in [9.17, 15) is 9.59 Å². The van der Waals surface area contributed by atoms with Gasteiger partial charge in [0, 0.05) is 38.3 Å². The number of piperazine rings is 1. The first-order chi connectivity index (χ1) is 11.0. The number of carbonyl (C=O) groups excluding carboxylic acids is 2. The van der Waals surface area contributed by atoms with Gasteiger partial charge in [-0.15, -0.1) is 0 Å². The Hall–Kier alpha value is -1.60. The van der Waals surface area contributed by atoms with Crippen LogP contribution in [0.4, 0.5) is 4.79 Å². The SMILES string of the molecule is CC(C)NC(=O)CNC(=O)N1CCN([C@@H](C)c2ccsc2)CC1. The average Bonchev–Trinajstić information content (AvgIpc) is 3.06. The average molecular weight is 338 g/mol. The number of amides is 3. The van der Waals surface area contributed by atoms with Gasteiger partial charge in [0.2, 0.25) is 5.91 Å². The van der Waals surface area contributed by atoms with Crippen molar-refractivity contribution in [3.05, 3.63) is 22.4 Å². The van der Waals surface area contributed by atoms with Crippen molar-refractivity contribution in [2.24, 2.45) is 0 Å². The minimum Gasteiger partial charge on any atom is -0.352 e. The molecule has 23 heavy (non-hydrogen) atoms. The van der Waals surface area contributed by atoms with E-state index in [1.165, 1.54) is 5.56 Å². The fourth-order valence-electron chi connectivity index (χ4n) is 2.68. The highest BCUT2D eigenvalue weighted by Crippen LogP contribution is 2.23. The number of hydrogen-bond donors (Lipinski definition) is 2. The van der Waals surface area contributed by atoms with E-state index in [-0.39, 0.29) is 24.5 Å². The Morgan fingerprint density at radius 1 is 1.22 bits per heavy atom. The molecule has 0 aliphatic carbocycles. The van der Waals surface area contributed by atoms with E-state index < -0.39 is 0 Å². The van der Waals surface area contributed by atoms with E-state index in [0.717, 1.165) is 13.1 Å². The van der Waals surface area contributed by atoms with Crippen molar-refractivity contribution in [3.8, 4) is 0 Å². The Labute approximate surface area is 141 Å². The van der Waals surface area contributed by atoms with Gasteiger partial charge in [-0.3, -0.25) is 9.69 Å². The molecule has 0 saturated carbocycles. The zero-order chi connectivity index (χ0) is 16.8. The first kappa shape index (κ1) is 17.7. The van der Waals surface area contributed by atoms with Gasteiger partial charge < -0.3 is 15.5 Å². The summed E-state index contributed by atoms with van der Waals surface area (Å²) in [7, 11) is 0. The third-order valence-electron chi connectivity index (χ3n) is 4.02. The van der Waals surface area contributed by atoms with E-state index in [4.69, 9.17) is 0 Å². The molecule has 3 amide bonds. The maximum absolute atomic E-state index is 12.1. The van der Waals surface area contributed by atoms with Gasteiger partial charge in [-0.05, 0) is 43.2 Å². The highest BCUT2D eigenvalue weighted by Gasteiger charge is 2.25. The third kappa shape index (κ3) is 5.21. The summed E-state index contributed by atoms with van der Waals surface area (Å²) in [5.74, 6) is -0.155. The third-order valence-corrected chi connectivity index (χ3v) is 4.73. The molecule has 128 valence electrons. The van der Waals surface area contributed by atoms with Crippen LogP contribution in [0.3, 0.4) is 0 Å². The zero-order valence-electron chi connectivity index (χ0n) is 14.0. The Morgan fingerprint density at radius 2 is 1.91 bits per heavy atom. The summed E-state index contributed by atoms with van der Waals surface area (Å²) in [4.78, 5) is 27.8. The molecule has 2 N–H and O–H groups in total. The second-order valence-electron chi connectivity index (χ2n) is 6.14. The lowest BCUT2D eigenvalue weighted by Crippen LogP contribution is -2.53. The van der Waals surface area contributed by atoms with Crippen LogP contribution in [0.2, 0.25) is 0 Å². The van der Waals surface area contributed by atoms with Crippen LogP contribution in [0.25, 0.3) is 0 Å². The molecule has 6 nitrogen and oxygen atoms in total. The number of nitrogens with zero attached hydrogens (tertiary/aromatic N) is 2. The molecule has 1 aromatic rings. The molecule has 7 heteroatoms. The maximum Gasteiger partial charge on any atom is 0.317 e. The topological polar surface area (TPSA) is 64.7 Å². The Kier molecular flexibility index (Phi) is 6.41. The maximum atomic E-state index is 12.1. The molecule has 1 aromatic heterocycles. The highest BCUT2D eigenvalue weighted by atomic mass is 32.1. The number of carbonyl (C=O) groups is 2. The molecular formula is C16H26N4O2S. The molecule has 1 fully saturated rings. The van der Waals surface area contributed by atoms with E-state index in [1.54, 1.807) is 16.2 Å². The van der Waals surface area contributed by atoms with E-state index in [0.29, 0.717) is 19.1 Å². The quantitative estimate of drug-likeness (QED) is 0.858. The lowest BCUT2D eigenvalue weighted by Gasteiger charge is -2.37. The molecule has 0 unspecified atom stereocenters. The van der Waals surface area contributed by atoms with Gasteiger partial charge in [0.25, 0.3) is 0 Å². The van der Waals surface area contributed by atoms with Gasteiger partial charge in [0.15, 0.2) is 0 Å². The fourth-order valence-corrected chi connectivity index (χ4v) is 3.42. The van der Waals surface area contributed by atoms with Gasteiger partial charge in [0.1, 0.15) is 0 Å². The van der Waals surface area contributed by atoms with Crippen LogP contribution in [0.15, 0.2) is 16.8 Å². The summed E-state index contributed by atoms with van der Waals surface area (Å²) in [6.07, 6.45) is 0. The standard InChI is InChI=1S/C16H26N4O2S/c1-12(2)18-15(21)10-17-16(22)20-7-5-19(6-8-20)13(3)14-4-9-23-11-14/h4,9,11-13H,5-8,10H2,1-3H3,(H,17,22)(H,18,21)/t13-/m0/s1. The largest absolute Gasteiger partial charge is 0.352 e. The van der Waals surface area contributed by atoms with Gasteiger partial charge in [-0.1, -0.05) is 0 Å². The van der Waals surface area contributed by atoms with Crippen LogP contribution in [-0.2, 0) is 4.79 Å². The normalized spacial score (nSPS) is 17.1. The monoisotopic (exact) mass is 338 g/mol. The summed E-state index contributed by atoms with van der Waals surface area (Å²) in [6.45, 7) is 9.10. The molecule has 0 bridgehead atoms. The van der Waals surface area contributed by atoms with Crippen molar-refractivity contribution in [2.45, 2.75) is 32.9 Å². The van der Waals surface area contributed by atoms with E-state index in [1.807, 2.05) is 13.8 Å². The number of urea groups is 1. The molecule has 1 aliphatic heterocycles. The molecule has 2 heterocycles. The van der Waals surface area contributed by atoms with E-state index in [2.05, 4.69) is 39.3 Å². The molecule has 1 saturated heterocycles. The Balaban J connectivity index is 1.73. The predicted octanol–water partition coefficient (Wildman–Crippen LogP) is 1.66. The van der Waals surface area contributed by atoms with Gasteiger partial charge in [-0.25, -0.2) is 4.79 Å². The minimum absolute atomic E-state index is 0.0303. The summed E-state index contributed by atoms with van der Waals surface area (Å²) >= 11 is 1.71. The van der Waals surface area contributed by atoms with Gasteiger partial charge in [0.05, 0.1) is 6.54 Å². The van der Waals surface area contributed by atoms with Crippen LogP contribution >= 0.6 is 11.3 Å². The second-order valence-corrected chi connectivity index (χ2v) is 6.92. The van der Waals surface area contributed by atoms with Crippen LogP contribution in [0, 0.1) is 0 Å². The first-order valence-corrected chi connectivity index (χ1v) is 9.00. The summed E-state index contributed by atoms with van der Waals surface area (Å²) in [6, 6.07) is 2.46. The van der Waals surface area contributed by atoms with Crippen molar-refractivity contribution >= 4 is 23.3 Å². The zero-order valence-corrected chi connectivity index (χ0v) is 14.9. The van der Waals surface area contributed by atoms with Crippen LogP contribution < -0.4 is 10.6 Å². The first-order valence-electron chi connectivity index (χ1n) is 8.05. The number of nitrogens with one attached hydrogen (secondary N) is 2. The molecule has 0 radical (unpaired) electrons. The molecule has 0 spiro atoms. The summed E-state index contributed by atoms with van der Waals surface area (Å²) < 4.78 is 0. The lowest BCUT2D eigenvalue weighted by atomic mass is 10.1. The minimum atomic E-state index is -0.160. The van der Waals surface area contributed by atoms with Crippen LogP contribution in [0.5, 0.6) is 0 Å². The van der Waals surface area contributed by atoms with Crippen molar-refractivity contribution in [1.29, 1.82) is 0 Å². The molecule has 1 aliphatic rings. The molecule has 2 rings (SSSR count). The number of hydrogen-bond acceptors (Lipinski definition) is 4. The van der Waals surface area contributed by atoms with Gasteiger partial charge >= 0.3 is 6.03 Å². The van der Waals surface area contributed by atoms with Gasteiger partial charge in [-0.2, -0.15) is 11.3 Å². The fraction of sp³-hybridized carbons (Fsp3) is 0.625. The molecular weight excluding hydrogens is 312 g/mol. The van der Waals surface area contributed by atoms with Crippen LogP contribution in [-0.4, -0.2) is 60.5 Å². The second kappa shape index (κ2) is 8.31. The Morgan fingerprint density at radius 3 is 2.48 bits per heavy atom. The number of thiophene rings is 1. The highest BCUT2D eigenvalue weighted by molar-refractivity contribution is 7.07. The molecule has 1 atom stereocenters. The van der Waals surface area contributed by atoms with Crippen LogP contribution in [0.1, 0.15) is 32.4 Å². The Bertz CT molecular complexity index is 510. The van der Waals surface area contributed by atoms with Crippen molar-refractivity contribution in [2.75, 3.05) is 32.7 Å². The predicted molar refractivity (Wildman–Crippen MR) is 92.6 cm³/mol. The lowest BCUT2D eigenvalue weighted by molar-refractivity contribution is -0.120. The summed E-state index contributed by atoms with van der Waals surface area (Å²) in [5.41, 5.74) is 1.33. The van der Waals surface area contributed by atoms with Crippen molar-refractivity contribution < 1.29 is 9.59 Å². The van der Waals surface area contributed by atoms with Crippen molar-refractivity contribution in [3.63, 3.8) is 0 Å². The smallest absolute Gasteiger partial charge is 0.317 e. The van der Waals surface area contributed by atoms with Crippen molar-refractivity contribution in [1.82, 2.24) is 20.4 Å². The number of rotatable bonds is 5. The molecule has 0 aromatic carbocycles. The summed E-state index contributed by atoms with van der Waals surface area (Å²) in [5, 5.41) is 9.72. The van der Waals surface area contributed by atoms with E-state index >= 15 is 0 Å².